The lowest BCUT2D eigenvalue weighted by Crippen LogP contribution is -2.36. The van der Waals surface area contributed by atoms with Gasteiger partial charge in [-0.2, -0.15) is 9.82 Å². The number of aryl methyl sites for hydroxylation is 2. The van der Waals surface area contributed by atoms with Gasteiger partial charge in [0, 0.05) is 12.1 Å². The first-order valence-electron chi connectivity index (χ1n) is 9.12. The fourth-order valence-electron chi connectivity index (χ4n) is 2.46. The monoisotopic (exact) mass is 422 g/mol. The zero-order valence-corrected chi connectivity index (χ0v) is 17.9. The molecule has 2 N–H and O–H groups in total. The maximum absolute atomic E-state index is 12.3. The number of aromatic nitrogens is 2. The smallest absolute Gasteiger partial charge is 0.321 e. The number of nitrogens with zero attached hydrogens (tertiary/aromatic N) is 2. The highest BCUT2D eigenvalue weighted by molar-refractivity contribution is 7.89. The molecule has 0 bridgehead atoms. The first-order valence-corrected chi connectivity index (χ1v) is 10.6. The van der Waals surface area contributed by atoms with E-state index in [1.807, 2.05) is 20.8 Å². The Hall–Kier alpha value is -2.72. The van der Waals surface area contributed by atoms with Crippen molar-refractivity contribution in [2.45, 2.75) is 51.7 Å². The van der Waals surface area contributed by atoms with Crippen LogP contribution in [0.5, 0.6) is 0 Å². The van der Waals surface area contributed by atoms with Gasteiger partial charge in [0.15, 0.2) is 6.10 Å². The van der Waals surface area contributed by atoms with Crippen molar-refractivity contribution in [1.29, 1.82) is 0 Å². The molecule has 1 aromatic carbocycles. The zero-order valence-electron chi connectivity index (χ0n) is 17.1. The molecule has 1 amide bonds. The minimum absolute atomic E-state index is 0.0398. The van der Waals surface area contributed by atoms with Crippen LogP contribution >= 0.6 is 0 Å². The quantitative estimate of drug-likeness (QED) is 0.628. The molecule has 0 aliphatic heterocycles. The van der Waals surface area contributed by atoms with Crippen LogP contribution < -0.4 is 10.0 Å². The number of hydrogen-bond acceptors (Lipinski definition) is 6. The molecule has 0 radical (unpaired) electrons. The molecule has 2 rings (SSSR count). The Morgan fingerprint density at radius 2 is 1.83 bits per heavy atom. The summed E-state index contributed by atoms with van der Waals surface area (Å²) in [6.07, 6.45) is 0.442. The number of anilines is 1. The maximum atomic E-state index is 12.3. The summed E-state index contributed by atoms with van der Waals surface area (Å²) in [6.45, 7) is 8.31. The van der Waals surface area contributed by atoms with E-state index < -0.39 is 34.5 Å². The summed E-state index contributed by atoms with van der Waals surface area (Å²) < 4.78 is 33.5. The summed E-state index contributed by atoms with van der Waals surface area (Å²) in [5.41, 5.74) is 1.78. The van der Waals surface area contributed by atoms with Gasteiger partial charge >= 0.3 is 5.97 Å². The van der Waals surface area contributed by atoms with Crippen molar-refractivity contribution in [1.82, 2.24) is 14.5 Å². The Bertz CT molecular complexity index is 998. The SMILES string of the molecule is Cc1ccc(S(=O)(=O)NCC(=O)O[C@@H](C)C(=O)Nc2ccnn2C(C)C)cc1C. The van der Waals surface area contributed by atoms with Crippen molar-refractivity contribution >= 4 is 27.7 Å². The molecule has 1 heterocycles. The molecule has 1 aromatic heterocycles. The molecule has 10 heteroatoms. The van der Waals surface area contributed by atoms with Gasteiger partial charge in [-0.3, -0.25) is 9.59 Å². The van der Waals surface area contributed by atoms with E-state index in [1.54, 1.807) is 29.9 Å². The van der Waals surface area contributed by atoms with Crippen LogP contribution in [0.4, 0.5) is 5.82 Å². The largest absolute Gasteiger partial charge is 0.452 e. The van der Waals surface area contributed by atoms with Crippen molar-refractivity contribution in [3.05, 3.63) is 41.6 Å². The number of ether oxygens (including phenoxy) is 1. The summed E-state index contributed by atoms with van der Waals surface area (Å²) in [5.74, 6) is -0.932. The fourth-order valence-corrected chi connectivity index (χ4v) is 3.52. The molecule has 29 heavy (non-hydrogen) atoms. The van der Waals surface area contributed by atoms with Gasteiger partial charge in [0.1, 0.15) is 12.4 Å². The molecule has 0 fully saturated rings. The highest BCUT2D eigenvalue weighted by Crippen LogP contribution is 2.15. The number of nitrogens with one attached hydrogen (secondary N) is 2. The molecular formula is C19H26N4O5S. The average molecular weight is 423 g/mol. The van der Waals surface area contributed by atoms with E-state index in [-0.39, 0.29) is 10.9 Å². The summed E-state index contributed by atoms with van der Waals surface area (Å²) in [6, 6.07) is 6.35. The van der Waals surface area contributed by atoms with Gasteiger partial charge < -0.3 is 10.1 Å². The van der Waals surface area contributed by atoms with Crippen LogP contribution in [0.3, 0.4) is 0 Å². The van der Waals surface area contributed by atoms with Crippen LogP contribution in [-0.2, 0) is 24.3 Å². The summed E-state index contributed by atoms with van der Waals surface area (Å²) in [4.78, 5) is 24.3. The van der Waals surface area contributed by atoms with E-state index in [1.165, 1.54) is 19.1 Å². The predicted octanol–water partition coefficient (Wildman–Crippen LogP) is 1.93. The molecule has 0 aliphatic rings. The lowest BCUT2D eigenvalue weighted by molar-refractivity contribution is -0.151. The van der Waals surface area contributed by atoms with E-state index in [2.05, 4.69) is 15.1 Å². The van der Waals surface area contributed by atoms with Crippen LogP contribution in [0, 0.1) is 13.8 Å². The number of amides is 1. The van der Waals surface area contributed by atoms with Crippen LogP contribution in [0.2, 0.25) is 0 Å². The lowest BCUT2D eigenvalue weighted by atomic mass is 10.1. The van der Waals surface area contributed by atoms with Gasteiger partial charge in [-0.1, -0.05) is 6.07 Å². The van der Waals surface area contributed by atoms with Crippen molar-refractivity contribution in [2.24, 2.45) is 0 Å². The minimum Gasteiger partial charge on any atom is -0.452 e. The molecule has 0 unspecified atom stereocenters. The Balaban J connectivity index is 1.91. The second-order valence-corrected chi connectivity index (χ2v) is 8.71. The predicted molar refractivity (Wildman–Crippen MR) is 108 cm³/mol. The topological polar surface area (TPSA) is 119 Å². The lowest BCUT2D eigenvalue weighted by Gasteiger charge is -2.16. The van der Waals surface area contributed by atoms with Crippen LogP contribution in [0.25, 0.3) is 0 Å². The number of sulfonamides is 1. The van der Waals surface area contributed by atoms with Crippen LogP contribution in [0.15, 0.2) is 35.4 Å². The third kappa shape index (κ3) is 5.88. The van der Waals surface area contributed by atoms with Gasteiger partial charge in [0.2, 0.25) is 10.0 Å². The van der Waals surface area contributed by atoms with Crippen LogP contribution in [0.1, 0.15) is 37.9 Å². The molecule has 0 saturated heterocycles. The first kappa shape index (κ1) is 22.6. The average Bonchev–Trinajstić information content (AvgIpc) is 3.10. The van der Waals surface area contributed by atoms with Crippen molar-refractivity contribution < 1.29 is 22.7 Å². The molecule has 158 valence electrons. The molecule has 0 spiro atoms. The van der Waals surface area contributed by atoms with Gasteiger partial charge in [0.05, 0.1) is 11.1 Å². The Labute approximate surface area is 170 Å². The molecule has 9 nitrogen and oxygen atoms in total. The highest BCUT2D eigenvalue weighted by atomic mass is 32.2. The van der Waals surface area contributed by atoms with E-state index >= 15 is 0 Å². The Morgan fingerprint density at radius 3 is 2.45 bits per heavy atom. The Morgan fingerprint density at radius 1 is 1.14 bits per heavy atom. The number of carbonyl (C=O) groups is 2. The fraction of sp³-hybridized carbons (Fsp3) is 0.421. The minimum atomic E-state index is -3.87. The van der Waals surface area contributed by atoms with Gasteiger partial charge in [-0.05, 0) is 57.9 Å². The number of carbonyl (C=O) groups excluding carboxylic acids is 2. The second-order valence-electron chi connectivity index (χ2n) is 6.95. The maximum Gasteiger partial charge on any atom is 0.321 e. The van der Waals surface area contributed by atoms with Gasteiger partial charge in [0.25, 0.3) is 5.91 Å². The van der Waals surface area contributed by atoms with E-state index in [9.17, 15) is 18.0 Å². The highest BCUT2D eigenvalue weighted by Gasteiger charge is 2.22. The van der Waals surface area contributed by atoms with Crippen molar-refractivity contribution in [2.75, 3.05) is 11.9 Å². The summed E-state index contributed by atoms with van der Waals surface area (Å²) in [5, 5.41) is 6.74. The van der Waals surface area contributed by atoms with E-state index in [4.69, 9.17) is 4.74 Å². The number of benzene rings is 1. The number of esters is 1. The van der Waals surface area contributed by atoms with Crippen LogP contribution in [-0.4, -0.2) is 42.7 Å². The summed E-state index contributed by atoms with van der Waals surface area (Å²) >= 11 is 0. The third-order valence-corrected chi connectivity index (χ3v) is 5.68. The third-order valence-electron chi connectivity index (χ3n) is 4.28. The van der Waals surface area contributed by atoms with E-state index in [0.29, 0.717) is 5.82 Å². The van der Waals surface area contributed by atoms with Gasteiger partial charge in [-0.15, -0.1) is 0 Å². The van der Waals surface area contributed by atoms with Crippen molar-refractivity contribution in [3.8, 4) is 0 Å². The van der Waals surface area contributed by atoms with Gasteiger partial charge in [-0.25, -0.2) is 13.1 Å². The second kappa shape index (κ2) is 9.19. The molecule has 0 aliphatic carbocycles. The summed E-state index contributed by atoms with van der Waals surface area (Å²) in [7, 11) is -3.87. The Kier molecular flexibility index (Phi) is 7.15. The molecule has 1 atom stereocenters. The number of hydrogen-bond donors (Lipinski definition) is 2. The van der Waals surface area contributed by atoms with E-state index in [0.717, 1.165) is 11.1 Å². The zero-order chi connectivity index (χ0) is 21.8. The molecule has 0 saturated carbocycles. The first-order chi connectivity index (χ1) is 13.5. The standard InChI is InChI=1S/C19H26N4O5S/c1-12(2)23-17(8-9-20-23)22-19(25)15(5)28-18(24)11-21-29(26,27)16-7-6-13(3)14(4)10-16/h6-10,12,15,21H,11H2,1-5H3,(H,22,25)/t15-/m0/s1. The number of rotatable bonds is 8. The molecular weight excluding hydrogens is 396 g/mol. The van der Waals surface area contributed by atoms with Crippen molar-refractivity contribution in [3.63, 3.8) is 0 Å². The normalized spacial score (nSPS) is 12.6. The molecule has 2 aromatic rings.